The van der Waals surface area contributed by atoms with E-state index in [2.05, 4.69) is 6.58 Å². The van der Waals surface area contributed by atoms with Crippen molar-refractivity contribution in [3.63, 3.8) is 0 Å². The molecule has 26 heavy (non-hydrogen) atoms. The predicted octanol–water partition coefficient (Wildman–Crippen LogP) is 4.22. The molecule has 0 aromatic heterocycles. The van der Waals surface area contributed by atoms with Gasteiger partial charge in [-0.2, -0.15) is 0 Å². The van der Waals surface area contributed by atoms with Crippen LogP contribution in [0.5, 0.6) is 0 Å². The minimum atomic E-state index is -3.33. The third-order valence-corrected chi connectivity index (χ3v) is 4.05. The number of hydrogen-bond donors (Lipinski definition) is 1. The Morgan fingerprint density at radius 1 is 0.962 bits per heavy atom. The van der Waals surface area contributed by atoms with Crippen molar-refractivity contribution >= 4 is 0 Å². The fourth-order valence-corrected chi connectivity index (χ4v) is 2.60. The van der Waals surface area contributed by atoms with Crippen molar-refractivity contribution in [2.24, 2.45) is 5.92 Å². The fourth-order valence-electron chi connectivity index (χ4n) is 2.60. The van der Waals surface area contributed by atoms with Crippen LogP contribution in [-0.4, -0.2) is 30.3 Å². The molecule has 1 N–H and O–H groups in total. The number of benzene rings is 2. The molecule has 2 aromatic rings. The first-order valence-electron chi connectivity index (χ1n) is 8.45. The van der Waals surface area contributed by atoms with Crippen molar-refractivity contribution in [3.8, 4) is 0 Å². The highest BCUT2D eigenvalue weighted by molar-refractivity contribution is 5.14. The predicted molar refractivity (Wildman–Crippen MR) is 96.8 cm³/mol. The van der Waals surface area contributed by atoms with Gasteiger partial charge in [0.15, 0.2) is 0 Å². The standard InChI is InChI=1S/C21H24F2O3/c1-2-19(21(22,23)16-24)20(26-14-18-11-7-4-8-12-18)15-25-13-17-9-5-3-6-10-17/h2-12,19-20,24H,1,13-16H2/t19-,20+/m1/s1. The average molecular weight is 362 g/mol. The molecule has 0 amide bonds. The third kappa shape index (κ3) is 6.02. The Morgan fingerprint density at radius 3 is 2.00 bits per heavy atom. The van der Waals surface area contributed by atoms with E-state index in [4.69, 9.17) is 14.6 Å². The maximum atomic E-state index is 14.1. The molecule has 0 radical (unpaired) electrons. The van der Waals surface area contributed by atoms with Crippen molar-refractivity contribution in [1.29, 1.82) is 0 Å². The van der Waals surface area contributed by atoms with Crippen LogP contribution in [0, 0.1) is 5.92 Å². The van der Waals surface area contributed by atoms with E-state index in [1.54, 1.807) is 0 Å². The zero-order valence-electron chi connectivity index (χ0n) is 14.6. The summed E-state index contributed by atoms with van der Waals surface area (Å²) in [5.74, 6) is -4.69. The van der Waals surface area contributed by atoms with Gasteiger partial charge in [0.05, 0.1) is 31.8 Å². The Labute approximate surface area is 152 Å². The molecule has 0 bridgehead atoms. The normalized spacial score (nSPS) is 14.0. The van der Waals surface area contributed by atoms with Gasteiger partial charge in [0.2, 0.25) is 0 Å². The van der Waals surface area contributed by atoms with Crippen molar-refractivity contribution in [3.05, 3.63) is 84.4 Å². The molecular weight excluding hydrogens is 338 g/mol. The minimum Gasteiger partial charge on any atom is -0.390 e. The van der Waals surface area contributed by atoms with E-state index in [0.717, 1.165) is 17.2 Å². The number of hydrogen-bond acceptors (Lipinski definition) is 3. The van der Waals surface area contributed by atoms with Gasteiger partial charge < -0.3 is 14.6 Å². The van der Waals surface area contributed by atoms with Gasteiger partial charge in [-0.15, -0.1) is 6.58 Å². The molecule has 0 heterocycles. The molecule has 0 aliphatic carbocycles. The van der Waals surface area contributed by atoms with E-state index in [0.29, 0.717) is 6.61 Å². The van der Waals surface area contributed by atoms with E-state index in [1.165, 1.54) is 0 Å². The summed E-state index contributed by atoms with van der Waals surface area (Å²) >= 11 is 0. The van der Waals surface area contributed by atoms with Crippen LogP contribution < -0.4 is 0 Å². The number of alkyl halides is 2. The Hall–Kier alpha value is -2.08. The Bertz CT molecular complexity index is 647. The smallest absolute Gasteiger partial charge is 0.279 e. The maximum absolute atomic E-state index is 14.1. The van der Waals surface area contributed by atoms with Gasteiger partial charge in [-0.05, 0) is 11.1 Å². The van der Waals surface area contributed by atoms with Gasteiger partial charge in [0.1, 0.15) is 6.61 Å². The summed E-state index contributed by atoms with van der Waals surface area (Å²) in [6.07, 6.45) is 0.191. The lowest BCUT2D eigenvalue weighted by Crippen LogP contribution is -2.42. The second-order valence-electron chi connectivity index (χ2n) is 6.02. The van der Waals surface area contributed by atoms with Gasteiger partial charge >= 0.3 is 0 Å². The van der Waals surface area contributed by atoms with E-state index < -0.39 is 24.6 Å². The van der Waals surface area contributed by atoms with Crippen LogP contribution in [0.2, 0.25) is 0 Å². The Kier molecular flexibility index (Phi) is 7.91. The van der Waals surface area contributed by atoms with Crippen LogP contribution in [0.1, 0.15) is 11.1 Å². The summed E-state index contributed by atoms with van der Waals surface area (Å²) in [7, 11) is 0. The lowest BCUT2D eigenvalue weighted by Gasteiger charge is -2.30. The molecule has 2 aromatic carbocycles. The molecule has 140 valence electrons. The van der Waals surface area contributed by atoms with E-state index in [-0.39, 0.29) is 13.2 Å². The summed E-state index contributed by atoms with van der Waals surface area (Å²) in [4.78, 5) is 0. The monoisotopic (exact) mass is 362 g/mol. The quantitative estimate of drug-likeness (QED) is 0.609. The number of ether oxygens (including phenoxy) is 2. The summed E-state index contributed by atoms with van der Waals surface area (Å²) in [6, 6.07) is 18.7. The van der Waals surface area contributed by atoms with Crippen LogP contribution in [-0.2, 0) is 22.7 Å². The van der Waals surface area contributed by atoms with Crippen LogP contribution in [0.3, 0.4) is 0 Å². The molecule has 0 saturated heterocycles. The van der Waals surface area contributed by atoms with Crippen molar-refractivity contribution in [1.82, 2.24) is 0 Å². The van der Waals surface area contributed by atoms with Gasteiger partial charge in [-0.3, -0.25) is 0 Å². The summed E-state index contributed by atoms with van der Waals surface area (Å²) in [6.45, 7) is 2.65. The highest BCUT2D eigenvalue weighted by atomic mass is 19.3. The van der Waals surface area contributed by atoms with Crippen LogP contribution in [0.15, 0.2) is 73.3 Å². The Morgan fingerprint density at radius 2 is 1.50 bits per heavy atom. The molecule has 0 unspecified atom stereocenters. The second kappa shape index (κ2) is 10.2. The topological polar surface area (TPSA) is 38.7 Å². The highest BCUT2D eigenvalue weighted by Crippen LogP contribution is 2.30. The molecule has 5 heteroatoms. The third-order valence-electron chi connectivity index (χ3n) is 4.05. The molecule has 0 saturated carbocycles. The molecule has 0 aliphatic heterocycles. The zero-order valence-corrected chi connectivity index (χ0v) is 14.6. The molecule has 0 fully saturated rings. The van der Waals surface area contributed by atoms with Gasteiger partial charge in [0.25, 0.3) is 5.92 Å². The molecule has 2 atom stereocenters. The minimum absolute atomic E-state index is 0.0337. The highest BCUT2D eigenvalue weighted by Gasteiger charge is 2.42. The Balaban J connectivity index is 2.02. The molecule has 3 nitrogen and oxygen atoms in total. The van der Waals surface area contributed by atoms with Gasteiger partial charge in [-0.1, -0.05) is 66.7 Å². The second-order valence-corrected chi connectivity index (χ2v) is 6.02. The number of aliphatic hydroxyl groups excluding tert-OH is 1. The average Bonchev–Trinajstić information content (AvgIpc) is 2.67. The first kappa shape index (κ1) is 20.2. The molecule has 0 aliphatic rings. The van der Waals surface area contributed by atoms with Crippen LogP contribution in [0.25, 0.3) is 0 Å². The first-order valence-corrected chi connectivity index (χ1v) is 8.45. The van der Waals surface area contributed by atoms with E-state index >= 15 is 0 Å². The molecule has 0 spiro atoms. The molecule has 2 rings (SSSR count). The number of rotatable bonds is 11. The largest absolute Gasteiger partial charge is 0.390 e. The first-order chi connectivity index (χ1) is 12.6. The van der Waals surface area contributed by atoms with Gasteiger partial charge in [-0.25, -0.2) is 8.78 Å². The lowest BCUT2D eigenvalue weighted by atomic mass is 9.95. The van der Waals surface area contributed by atoms with E-state index in [1.807, 2.05) is 60.7 Å². The van der Waals surface area contributed by atoms with E-state index in [9.17, 15) is 8.78 Å². The van der Waals surface area contributed by atoms with Crippen molar-refractivity contribution in [2.75, 3.05) is 13.2 Å². The maximum Gasteiger partial charge on any atom is 0.279 e. The summed E-state index contributed by atoms with van der Waals surface area (Å²) in [5.41, 5.74) is 1.81. The molecular formula is C21H24F2O3. The van der Waals surface area contributed by atoms with Crippen molar-refractivity contribution < 1.29 is 23.4 Å². The van der Waals surface area contributed by atoms with Crippen LogP contribution in [0.4, 0.5) is 8.78 Å². The van der Waals surface area contributed by atoms with Gasteiger partial charge in [0, 0.05) is 0 Å². The number of aliphatic hydroxyl groups is 1. The fraction of sp³-hybridized carbons (Fsp3) is 0.333. The van der Waals surface area contributed by atoms with Crippen molar-refractivity contribution in [2.45, 2.75) is 25.2 Å². The SMILES string of the molecule is C=C[C@H]([C@H](COCc1ccccc1)OCc1ccccc1)C(F)(F)CO. The summed E-state index contributed by atoms with van der Waals surface area (Å²) in [5, 5.41) is 9.04. The summed E-state index contributed by atoms with van der Waals surface area (Å²) < 4.78 is 39.5. The zero-order chi connectivity index (χ0) is 18.8. The number of halogens is 2. The lowest BCUT2D eigenvalue weighted by molar-refractivity contribution is -0.147. The van der Waals surface area contributed by atoms with Crippen LogP contribution >= 0.6 is 0 Å².